The fourth-order valence-corrected chi connectivity index (χ4v) is 2.56. The molecule has 0 aliphatic rings. The van der Waals surface area contributed by atoms with Crippen molar-refractivity contribution in [3.05, 3.63) is 41.3 Å². The van der Waals surface area contributed by atoms with Gasteiger partial charge >= 0.3 is 0 Å². The van der Waals surface area contributed by atoms with Crippen LogP contribution in [0.4, 0.5) is 5.82 Å². The van der Waals surface area contributed by atoms with Crippen molar-refractivity contribution in [1.29, 1.82) is 0 Å². The van der Waals surface area contributed by atoms with E-state index in [2.05, 4.69) is 44.8 Å². The maximum atomic E-state index is 4.48. The van der Waals surface area contributed by atoms with Crippen molar-refractivity contribution in [1.82, 2.24) is 25.4 Å². The van der Waals surface area contributed by atoms with Crippen LogP contribution in [-0.2, 0) is 13.1 Å². The van der Waals surface area contributed by atoms with E-state index in [-0.39, 0.29) is 0 Å². The summed E-state index contributed by atoms with van der Waals surface area (Å²) >= 11 is 0. The predicted molar refractivity (Wildman–Crippen MR) is 103 cm³/mol. The fraction of sp³-hybridized carbons (Fsp3) is 0.500. The van der Waals surface area contributed by atoms with Gasteiger partial charge in [0.05, 0.1) is 5.69 Å². The van der Waals surface area contributed by atoms with Crippen LogP contribution in [0.2, 0.25) is 0 Å². The van der Waals surface area contributed by atoms with E-state index >= 15 is 0 Å². The van der Waals surface area contributed by atoms with E-state index in [1.807, 2.05) is 42.9 Å². The van der Waals surface area contributed by atoms with E-state index in [0.29, 0.717) is 6.54 Å². The number of guanidine groups is 1. The van der Waals surface area contributed by atoms with Gasteiger partial charge in [0.15, 0.2) is 5.96 Å². The summed E-state index contributed by atoms with van der Waals surface area (Å²) in [7, 11) is 5.76. The van der Waals surface area contributed by atoms with Gasteiger partial charge in [-0.15, -0.1) is 0 Å². The van der Waals surface area contributed by atoms with Crippen LogP contribution in [0, 0.1) is 13.8 Å². The summed E-state index contributed by atoms with van der Waals surface area (Å²) in [6, 6.07) is 6.18. The summed E-state index contributed by atoms with van der Waals surface area (Å²) in [6.45, 7) is 6.57. The molecule has 0 saturated heterocycles. The zero-order valence-electron chi connectivity index (χ0n) is 15.9. The first-order valence-corrected chi connectivity index (χ1v) is 8.57. The van der Waals surface area contributed by atoms with Crippen LogP contribution in [0.3, 0.4) is 0 Å². The molecule has 0 spiro atoms. The molecule has 7 nitrogen and oxygen atoms in total. The highest BCUT2D eigenvalue weighted by molar-refractivity contribution is 5.79. The molecule has 7 heteroatoms. The van der Waals surface area contributed by atoms with Crippen LogP contribution in [0.15, 0.2) is 29.4 Å². The Morgan fingerprint density at radius 1 is 1.24 bits per heavy atom. The number of aromatic nitrogens is 3. The summed E-state index contributed by atoms with van der Waals surface area (Å²) in [5.74, 6) is 1.75. The van der Waals surface area contributed by atoms with Crippen molar-refractivity contribution in [2.75, 3.05) is 32.6 Å². The van der Waals surface area contributed by atoms with Gasteiger partial charge in [0.25, 0.3) is 0 Å². The van der Waals surface area contributed by atoms with Gasteiger partial charge in [-0.2, -0.15) is 5.10 Å². The van der Waals surface area contributed by atoms with Crippen LogP contribution in [-0.4, -0.2) is 48.4 Å². The Kier molecular flexibility index (Phi) is 6.80. The second-order valence-electron chi connectivity index (χ2n) is 6.27. The fourth-order valence-electron chi connectivity index (χ4n) is 2.56. The van der Waals surface area contributed by atoms with Crippen molar-refractivity contribution in [3.8, 4) is 0 Å². The molecule has 0 atom stereocenters. The number of hydrogen-bond donors (Lipinski definition) is 2. The highest BCUT2D eigenvalue weighted by Crippen LogP contribution is 2.09. The maximum absolute atomic E-state index is 4.48. The van der Waals surface area contributed by atoms with Gasteiger partial charge in [-0.3, -0.25) is 9.67 Å². The Hall–Kier alpha value is -2.57. The van der Waals surface area contributed by atoms with Crippen LogP contribution in [0.25, 0.3) is 0 Å². The monoisotopic (exact) mass is 343 g/mol. The average molecular weight is 343 g/mol. The molecule has 2 rings (SSSR count). The SMILES string of the molecule is CN=C(NCCCn1nc(C)cc1C)NCc1ccnc(N(C)C)c1. The lowest BCUT2D eigenvalue weighted by atomic mass is 10.2. The van der Waals surface area contributed by atoms with Crippen molar-refractivity contribution in [2.45, 2.75) is 33.4 Å². The number of aliphatic imine (C=N–C) groups is 1. The normalized spacial score (nSPS) is 11.5. The number of rotatable bonds is 7. The van der Waals surface area contributed by atoms with E-state index < -0.39 is 0 Å². The Labute approximate surface area is 150 Å². The third kappa shape index (κ3) is 5.77. The van der Waals surface area contributed by atoms with Crippen molar-refractivity contribution in [2.24, 2.45) is 4.99 Å². The Morgan fingerprint density at radius 2 is 2.04 bits per heavy atom. The van der Waals surface area contributed by atoms with Gasteiger partial charge in [0, 0.05) is 52.7 Å². The summed E-state index contributed by atoms with van der Waals surface area (Å²) in [6.07, 6.45) is 2.82. The number of aryl methyl sites for hydroxylation is 3. The van der Waals surface area contributed by atoms with Gasteiger partial charge < -0.3 is 15.5 Å². The number of pyridine rings is 1. The summed E-state index contributed by atoms with van der Waals surface area (Å²) in [5.41, 5.74) is 3.44. The summed E-state index contributed by atoms with van der Waals surface area (Å²) in [5, 5.41) is 11.2. The first-order valence-electron chi connectivity index (χ1n) is 8.57. The third-order valence-corrected chi connectivity index (χ3v) is 3.89. The molecule has 25 heavy (non-hydrogen) atoms. The molecule has 2 aromatic rings. The Balaban J connectivity index is 1.75. The van der Waals surface area contributed by atoms with Crippen LogP contribution < -0.4 is 15.5 Å². The first kappa shape index (κ1) is 18.8. The molecule has 0 aromatic carbocycles. The molecule has 0 aliphatic heterocycles. The molecule has 0 bridgehead atoms. The second-order valence-corrected chi connectivity index (χ2v) is 6.27. The summed E-state index contributed by atoms with van der Waals surface area (Å²) in [4.78, 5) is 10.6. The van der Waals surface area contributed by atoms with Crippen molar-refractivity contribution >= 4 is 11.8 Å². The number of anilines is 1. The van der Waals surface area contributed by atoms with Crippen LogP contribution in [0.5, 0.6) is 0 Å². The average Bonchev–Trinajstić information content (AvgIpc) is 2.92. The van der Waals surface area contributed by atoms with Crippen LogP contribution in [0.1, 0.15) is 23.4 Å². The largest absolute Gasteiger partial charge is 0.363 e. The number of nitrogens with zero attached hydrogens (tertiary/aromatic N) is 5. The van der Waals surface area contributed by atoms with Crippen molar-refractivity contribution in [3.63, 3.8) is 0 Å². The number of nitrogens with one attached hydrogen (secondary N) is 2. The molecule has 0 amide bonds. The maximum Gasteiger partial charge on any atom is 0.191 e. The molecule has 136 valence electrons. The molecular weight excluding hydrogens is 314 g/mol. The summed E-state index contributed by atoms with van der Waals surface area (Å²) < 4.78 is 2.05. The molecular formula is C18H29N7. The highest BCUT2D eigenvalue weighted by atomic mass is 15.3. The zero-order valence-corrected chi connectivity index (χ0v) is 15.9. The van der Waals surface area contributed by atoms with E-state index in [1.54, 1.807) is 7.05 Å². The van der Waals surface area contributed by atoms with Gasteiger partial charge in [0.1, 0.15) is 5.82 Å². The predicted octanol–water partition coefficient (Wildman–Crippen LogP) is 1.72. The lowest BCUT2D eigenvalue weighted by molar-refractivity contribution is 0.555. The minimum absolute atomic E-state index is 0.709. The van der Waals surface area contributed by atoms with E-state index in [0.717, 1.165) is 37.0 Å². The van der Waals surface area contributed by atoms with Gasteiger partial charge in [-0.25, -0.2) is 4.98 Å². The molecule has 2 aromatic heterocycles. The zero-order chi connectivity index (χ0) is 18.2. The Bertz CT molecular complexity index is 703. The molecule has 0 aliphatic carbocycles. The van der Waals surface area contributed by atoms with Crippen molar-refractivity contribution < 1.29 is 0 Å². The van der Waals surface area contributed by atoms with E-state index in [4.69, 9.17) is 0 Å². The molecule has 2 heterocycles. The molecule has 0 fully saturated rings. The minimum atomic E-state index is 0.709. The van der Waals surface area contributed by atoms with Crippen LogP contribution >= 0.6 is 0 Å². The lowest BCUT2D eigenvalue weighted by Crippen LogP contribution is -2.37. The van der Waals surface area contributed by atoms with Gasteiger partial charge in [0.2, 0.25) is 0 Å². The smallest absolute Gasteiger partial charge is 0.191 e. The molecule has 0 unspecified atom stereocenters. The highest BCUT2D eigenvalue weighted by Gasteiger charge is 2.03. The second kappa shape index (κ2) is 9.05. The topological polar surface area (TPSA) is 70.4 Å². The van der Waals surface area contributed by atoms with Gasteiger partial charge in [-0.1, -0.05) is 0 Å². The van der Waals surface area contributed by atoms with E-state index in [9.17, 15) is 0 Å². The lowest BCUT2D eigenvalue weighted by Gasteiger charge is -2.14. The molecule has 0 saturated carbocycles. The van der Waals surface area contributed by atoms with Gasteiger partial charge in [-0.05, 0) is 44.0 Å². The molecule has 0 radical (unpaired) electrons. The number of hydrogen-bond acceptors (Lipinski definition) is 4. The quantitative estimate of drug-likeness (QED) is 0.455. The third-order valence-electron chi connectivity index (χ3n) is 3.89. The first-order chi connectivity index (χ1) is 12.0. The molecule has 2 N–H and O–H groups in total. The van der Waals surface area contributed by atoms with E-state index in [1.165, 1.54) is 11.3 Å². The standard InChI is InChI=1S/C18H29N7/c1-14-11-15(2)25(23-14)10-6-8-21-18(19-3)22-13-16-7-9-20-17(12-16)24(4)5/h7,9,11-12H,6,8,10,13H2,1-5H3,(H2,19,21,22). The minimum Gasteiger partial charge on any atom is -0.363 e. The Morgan fingerprint density at radius 3 is 2.68 bits per heavy atom.